The van der Waals surface area contributed by atoms with E-state index in [0.717, 1.165) is 32.6 Å². The van der Waals surface area contributed by atoms with E-state index in [9.17, 15) is 9.18 Å². The van der Waals surface area contributed by atoms with Gasteiger partial charge in [0.15, 0.2) is 0 Å². The van der Waals surface area contributed by atoms with Gasteiger partial charge in [0.2, 0.25) is 0 Å². The van der Waals surface area contributed by atoms with Gasteiger partial charge in [-0.2, -0.15) is 5.10 Å². The lowest BCUT2D eigenvalue weighted by Gasteiger charge is -2.26. The zero-order valence-electron chi connectivity index (χ0n) is 18.1. The van der Waals surface area contributed by atoms with E-state index in [0.29, 0.717) is 34.5 Å². The fraction of sp³-hybridized carbons (Fsp3) is 0.391. The van der Waals surface area contributed by atoms with Crippen molar-refractivity contribution < 1.29 is 9.18 Å². The molecule has 162 valence electrons. The molecule has 0 N–H and O–H groups in total. The summed E-state index contributed by atoms with van der Waals surface area (Å²) < 4.78 is 15.7. The zero-order valence-corrected chi connectivity index (χ0v) is 18.1. The van der Waals surface area contributed by atoms with Crippen LogP contribution in [0, 0.1) is 12.7 Å². The highest BCUT2D eigenvalue weighted by Crippen LogP contribution is 2.23. The average Bonchev–Trinajstić information content (AvgIpc) is 3.42. The van der Waals surface area contributed by atoms with Gasteiger partial charge in [0.25, 0.3) is 11.9 Å². The summed E-state index contributed by atoms with van der Waals surface area (Å²) in [5, 5.41) is 4.36. The SMILES string of the molecule is CCN(CC)[C@@H]1CCN(C(=O)c2cnn(-c3nccc(-c4ccccc4F)n3)c2C)C1. The van der Waals surface area contributed by atoms with Crippen molar-refractivity contribution in [2.75, 3.05) is 26.2 Å². The van der Waals surface area contributed by atoms with Crippen LogP contribution in [-0.2, 0) is 0 Å². The van der Waals surface area contributed by atoms with Crippen molar-refractivity contribution in [3.63, 3.8) is 0 Å². The Hall–Kier alpha value is -3.13. The van der Waals surface area contributed by atoms with Gasteiger partial charge in [0.05, 0.1) is 23.1 Å². The highest BCUT2D eigenvalue weighted by molar-refractivity contribution is 5.95. The molecule has 0 bridgehead atoms. The predicted molar refractivity (Wildman–Crippen MR) is 117 cm³/mol. The van der Waals surface area contributed by atoms with Crippen LogP contribution >= 0.6 is 0 Å². The predicted octanol–water partition coefficient (Wildman–Crippen LogP) is 3.33. The Morgan fingerprint density at radius 3 is 2.74 bits per heavy atom. The van der Waals surface area contributed by atoms with E-state index in [2.05, 4.69) is 33.8 Å². The molecule has 4 rings (SSSR count). The molecule has 2 aromatic heterocycles. The number of aromatic nitrogens is 4. The topological polar surface area (TPSA) is 67.2 Å². The fourth-order valence-electron chi connectivity index (χ4n) is 4.23. The molecule has 1 aliphatic rings. The first-order valence-corrected chi connectivity index (χ1v) is 10.7. The minimum absolute atomic E-state index is 0.0244. The molecular weight excluding hydrogens is 395 g/mol. The Morgan fingerprint density at radius 2 is 2.00 bits per heavy atom. The van der Waals surface area contributed by atoms with Crippen LogP contribution in [0.1, 0.15) is 36.3 Å². The number of likely N-dealkylation sites (tertiary alicyclic amines) is 1. The molecule has 0 unspecified atom stereocenters. The maximum atomic E-state index is 14.2. The number of likely N-dealkylation sites (N-methyl/N-ethyl adjacent to an activating group) is 1. The standard InChI is InChI=1S/C23H27FN6O/c1-4-28(5-2)17-11-13-29(15-17)22(31)19-14-26-30(16(19)3)23-25-12-10-21(27-23)18-8-6-7-9-20(18)24/h6-10,12,14,17H,4-5,11,13,15H2,1-3H3/t17-/m1/s1. The first kappa shape index (κ1) is 21.1. The lowest BCUT2D eigenvalue weighted by Crippen LogP contribution is -2.38. The monoisotopic (exact) mass is 422 g/mol. The van der Waals surface area contributed by atoms with Crippen LogP contribution in [0.5, 0.6) is 0 Å². The van der Waals surface area contributed by atoms with Crippen molar-refractivity contribution >= 4 is 5.91 Å². The minimum atomic E-state index is -0.350. The molecule has 1 fully saturated rings. The zero-order chi connectivity index (χ0) is 22.0. The number of halogens is 1. The molecule has 3 heterocycles. The number of carbonyl (C=O) groups excluding carboxylic acids is 1. The third-order valence-corrected chi connectivity index (χ3v) is 6.00. The van der Waals surface area contributed by atoms with Crippen LogP contribution < -0.4 is 0 Å². The first-order valence-electron chi connectivity index (χ1n) is 10.7. The van der Waals surface area contributed by atoms with Crippen molar-refractivity contribution in [2.45, 2.75) is 33.2 Å². The first-order chi connectivity index (χ1) is 15.0. The molecule has 3 aromatic rings. The second-order valence-corrected chi connectivity index (χ2v) is 7.69. The molecule has 1 atom stereocenters. The lowest BCUT2D eigenvalue weighted by atomic mass is 10.1. The summed E-state index contributed by atoms with van der Waals surface area (Å²) in [6.07, 6.45) is 4.12. The molecule has 0 radical (unpaired) electrons. The molecule has 1 saturated heterocycles. The van der Waals surface area contributed by atoms with E-state index in [1.54, 1.807) is 36.7 Å². The number of hydrogen-bond donors (Lipinski definition) is 0. The van der Waals surface area contributed by atoms with Gasteiger partial charge in [-0.1, -0.05) is 26.0 Å². The molecule has 0 spiro atoms. The van der Waals surface area contributed by atoms with Gasteiger partial charge in [0, 0.05) is 30.9 Å². The van der Waals surface area contributed by atoms with Gasteiger partial charge >= 0.3 is 0 Å². The van der Waals surface area contributed by atoms with Gasteiger partial charge in [-0.25, -0.2) is 19.0 Å². The molecule has 7 nitrogen and oxygen atoms in total. The number of rotatable bonds is 6. The molecule has 1 aliphatic heterocycles. The molecule has 1 aromatic carbocycles. The van der Waals surface area contributed by atoms with Gasteiger partial charge < -0.3 is 4.90 Å². The number of carbonyl (C=O) groups is 1. The number of benzene rings is 1. The van der Waals surface area contributed by atoms with Crippen molar-refractivity contribution in [2.24, 2.45) is 0 Å². The molecule has 0 saturated carbocycles. The molecule has 8 heteroatoms. The smallest absolute Gasteiger partial charge is 0.257 e. The lowest BCUT2D eigenvalue weighted by molar-refractivity contribution is 0.0777. The highest BCUT2D eigenvalue weighted by Gasteiger charge is 2.31. The van der Waals surface area contributed by atoms with Gasteiger partial charge in [-0.3, -0.25) is 9.69 Å². The van der Waals surface area contributed by atoms with E-state index in [1.807, 2.05) is 11.8 Å². The van der Waals surface area contributed by atoms with Crippen molar-refractivity contribution in [3.8, 4) is 17.2 Å². The molecule has 31 heavy (non-hydrogen) atoms. The van der Waals surface area contributed by atoms with Gasteiger partial charge in [0.1, 0.15) is 5.82 Å². The molecule has 0 aliphatic carbocycles. The Labute approximate surface area is 181 Å². The van der Waals surface area contributed by atoms with Gasteiger partial charge in [-0.15, -0.1) is 0 Å². The Morgan fingerprint density at radius 1 is 1.23 bits per heavy atom. The van der Waals surface area contributed by atoms with Crippen molar-refractivity contribution in [1.29, 1.82) is 0 Å². The summed E-state index contributed by atoms with van der Waals surface area (Å²) in [5.74, 6) is -0.0691. The van der Waals surface area contributed by atoms with Crippen molar-refractivity contribution in [3.05, 3.63) is 59.8 Å². The molecule has 1 amide bonds. The third-order valence-electron chi connectivity index (χ3n) is 6.00. The van der Waals surface area contributed by atoms with Crippen LogP contribution in [-0.4, -0.2) is 67.7 Å². The van der Waals surface area contributed by atoms with E-state index < -0.39 is 0 Å². The maximum absolute atomic E-state index is 14.2. The fourth-order valence-corrected chi connectivity index (χ4v) is 4.23. The van der Waals surface area contributed by atoms with Crippen LogP contribution in [0.4, 0.5) is 4.39 Å². The summed E-state index contributed by atoms with van der Waals surface area (Å²) in [4.78, 5) is 26.2. The van der Waals surface area contributed by atoms with E-state index in [4.69, 9.17) is 0 Å². The summed E-state index contributed by atoms with van der Waals surface area (Å²) in [6.45, 7) is 9.56. The largest absolute Gasteiger partial charge is 0.337 e. The Balaban J connectivity index is 1.57. The average molecular weight is 423 g/mol. The van der Waals surface area contributed by atoms with Crippen LogP contribution in [0.25, 0.3) is 17.2 Å². The minimum Gasteiger partial charge on any atom is -0.337 e. The summed E-state index contributed by atoms with van der Waals surface area (Å²) in [7, 11) is 0. The Kier molecular flexibility index (Phi) is 6.08. The number of hydrogen-bond acceptors (Lipinski definition) is 5. The molecular formula is C23H27FN6O. The van der Waals surface area contributed by atoms with Crippen LogP contribution in [0.3, 0.4) is 0 Å². The number of nitrogens with zero attached hydrogens (tertiary/aromatic N) is 6. The van der Waals surface area contributed by atoms with Crippen molar-refractivity contribution in [1.82, 2.24) is 29.5 Å². The van der Waals surface area contributed by atoms with Crippen LogP contribution in [0.15, 0.2) is 42.7 Å². The van der Waals surface area contributed by atoms with E-state index in [1.165, 1.54) is 10.7 Å². The second-order valence-electron chi connectivity index (χ2n) is 7.69. The second kappa shape index (κ2) is 8.93. The normalized spacial score (nSPS) is 16.3. The Bertz CT molecular complexity index is 1080. The number of amides is 1. The van der Waals surface area contributed by atoms with Gasteiger partial charge in [-0.05, 0) is 44.6 Å². The summed E-state index contributed by atoms with van der Waals surface area (Å²) in [6, 6.07) is 8.53. The van der Waals surface area contributed by atoms with Crippen LogP contribution in [0.2, 0.25) is 0 Å². The maximum Gasteiger partial charge on any atom is 0.257 e. The summed E-state index contributed by atoms with van der Waals surface area (Å²) >= 11 is 0. The third kappa shape index (κ3) is 4.07. The van der Waals surface area contributed by atoms with E-state index >= 15 is 0 Å². The quantitative estimate of drug-likeness (QED) is 0.610. The highest BCUT2D eigenvalue weighted by atomic mass is 19.1. The van der Waals surface area contributed by atoms with E-state index in [-0.39, 0.29) is 11.7 Å². The summed E-state index contributed by atoms with van der Waals surface area (Å²) in [5.41, 5.74) is 2.07.